The van der Waals surface area contributed by atoms with Gasteiger partial charge in [-0.2, -0.15) is 35.5 Å². The molecular weight excluding hydrogens is 635 g/mol. The molecule has 7 rings (SSSR count). The Morgan fingerprint density at radius 2 is 1.39 bits per heavy atom. The van der Waals surface area contributed by atoms with Crippen molar-refractivity contribution in [2.75, 3.05) is 0 Å². The van der Waals surface area contributed by atoms with Crippen molar-refractivity contribution in [2.24, 2.45) is 0 Å². The minimum absolute atomic E-state index is 0.492. The predicted octanol–water partition coefficient (Wildman–Crippen LogP) is 9.82. The fourth-order valence-electron chi connectivity index (χ4n) is 5.53. The molecule has 1 heterocycles. The van der Waals surface area contributed by atoms with E-state index in [2.05, 4.69) is 142 Å². The summed E-state index contributed by atoms with van der Waals surface area (Å²) in [6.45, 7) is 6.73. The van der Waals surface area contributed by atoms with Gasteiger partial charge in [-0.3, -0.25) is 0 Å². The van der Waals surface area contributed by atoms with E-state index in [0.29, 0.717) is 5.92 Å². The van der Waals surface area contributed by atoms with Crippen LogP contribution in [0.1, 0.15) is 30.9 Å². The molecule has 0 spiro atoms. The van der Waals surface area contributed by atoms with E-state index in [0.717, 1.165) is 9.52 Å². The molecule has 1 aliphatic rings. The Morgan fingerprint density at radius 1 is 0.732 bits per heavy atom. The van der Waals surface area contributed by atoms with Gasteiger partial charge in [-0.05, 0) is 28.2 Å². The molecule has 0 fully saturated rings. The molecule has 0 amide bonds. The average Bonchev–Trinajstić information content (AvgIpc) is 3.57. The van der Waals surface area contributed by atoms with Gasteiger partial charge in [0.2, 0.25) is 0 Å². The molecule has 0 aliphatic carbocycles. The molecule has 6 aromatic rings. The number of benzene rings is 5. The van der Waals surface area contributed by atoms with Gasteiger partial charge in [0.25, 0.3) is 0 Å². The van der Waals surface area contributed by atoms with Gasteiger partial charge in [0, 0.05) is 0 Å². The molecule has 2 radical (unpaired) electrons. The third-order valence-electron chi connectivity index (χ3n) is 7.30. The Labute approximate surface area is 265 Å². The molecule has 0 N–H and O–H groups in total. The predicted molar refractivity (Wildman–Crippen MR) is 177 cm³/mol. The minimum Gasteiger partial charge on any atom is -0.184 e. The molecule has 0 aromatic heterocycles. The Bertz CT molecular complexity index is 1710. The molecule has 6 aromatic carbocycles. The Balaban J connectivity index is 0.000000175. The van der Waals surface area contributed by atoms with Crippen LogP contribution < -0.4 is 10.4 Å². The average molecular weight is 665 g/mol. The van der Waals surface area contributed by atoms with E-state index < -0.39 is 20.8 Å². The molecule has 0 saturated heterocycles. The van der Waals surface area contributed by atoms with Crippen LogP contribution in [0.25, 0.3) is 44.2 Å². The number of fused-ring (bicyclic) bond motifs is 4. The summed E-state index contributed by atoms with van der Waals surface area (Å²) in [6.07, 6.45) is 0. The largest absolute Gasteiger partial charge is 0.184 e. The van der Waals surface area contributed by atoms with E-state index in [1.165, 1.54) is 65.7 Å². The summed E-state index contributed by atoms with van der Waals surface area (Å²) >= 11 is -0.826. The summed E-state index contributed by atoms with van der Waals surface area (Å²) < 4.78 is 0. The van der Waals surface area contributed by atoms with Crippen molar-refractivity contribution >= 4 is 47.7 Å². The molecule has 0 bridgehead atoms. The number of halogens is 2. The van der Waals surface area contributed by atoms with Gasteiger partial charge in [0.1, 0.15) is 0 Å². The van der Waals surface area contributed by atoms with Gasteiger partial charge >= 0.3 is 37.9 Å². The molecule has 4 heteroatoms. The van der Waals surface area contributed by atoms with Crippen LogP contribution >= 0.6 is 17.0 Å². The van der Waals surface area contributed by atoms with Crippen LogP contribution in [0.2, 0.25) is 0 Å². The number of rotatable bonds is 3. The van der Waals surface area contributed by atoms with Gasteiger partial charge in [-0.15, -0.1) is 34.0 Å². The van der Waals surface area contributed by atoms with Crippen molar-refractivity contribution in [3.63, 3.8) is 0 Å². The third kappa shape index (κ3) is 6.73. The van der Waals surface area contributed by atoms with Crippen LogP contribution in [-0.2, 0) is 20.8 Å². The second-order valence-corrected chi connectivity index (χ2v) is 15.4. The van der Waals surface area contributed by atoms with Crippen molar-refractivity contribution < 1.29 is 20.8 Å². The first-order valence-corrected chi connectivity index (χ1v) is 21.0. The first-order chi connectivity index (χ1) is 20.0. The van der Waals surface area contributed by atoms with Crippen LogP contribution in [-0.4, -0.2) is 9.52 Å². The SMILES string of the molecule is Cc1cc2c(-c3ccccc3C(C)C)c(-c3ccccc3)ccc2[cH-]1.[Cl][Zr+2][Cl].[c-]1cccc2c1[Si]c1ccccc1-2. The van der Waals surface area contributed by atoms with Crippen molar-refractivity contribution in [1.82, 2.24) is 0 Å². The molecule has 0 nitrogen and oxygen atoms in total. The van der Waals surface area contributed by atoms with Gasteiger partial charge in [0.15, 0.2) is 0 Å². The topological polar surface area (TPSA) is 0 Å². The van der Waals surface area contributed by atoms with Crippen LogP contribution in [0.15, 0.2) is 121 Å². The first kappa shape index (κ1) is 29.9. The standard InChI is InChI=1S/C25H23.C12H7Si.2ClH.Zr/c1-17(2)21-11-7-8-12-23(21)25-22(19-9-5-4-6-10-19)14-13-20-15-18(3)16-24(20)25;1-3-7-11-9(5-1)10-6-2-4-8-12(10)13-11;;;/h4-17H,1-3H3;1-7H;2*1H;/q2*-1;;;+4/p-2. The van der Waals surface area contributed by atoms with E-state index in [1.54, 1.807) is 0 Å². The monoisotopic (exact) mass is 662 g/mol. The molecule has 1 aliphatic heterocycles. The summed E-state index contributed by atoms with van der Waals surface area (Å²) in [5.74, 6) is 0.492. The normalized spacial score (nSPS) is 11.1. The summed E-state index contributed by atoms with van der Waals surface area (Å²) in [5, 5.41) is 5.50. The Kier molecular flexibility index (Phi) is 10.2. The number of aryl methyl sites for hydroxylation is 1. The minimum atomic E-state index is -0.826. The zero-order valence-electron chi connectivity index (χ0n) is 23.4. The fourth-order valence-corrected chi connectivity index (χ4v) is 6.84. The van der Waals surface area contributed by atoms with Crippen molar-refractivity contribution in [3.8, 4) is 33.4 Å². The van der Waals surface area contributed by atoms with E-state index in [9.17, 15) is 0 Å². The zero-order chi connectivity index (χ0) is 28.8. The van der Waals surface area contributed by atoms with Crippen molar-refractivity contribution in [2.45, 2.75) is 26.7 Å². The molecule has 0 unspecified atom stereocenters. The maximum absolute atomic E-state index is 4.93. The molecule has 41 heavy (non-hydrogen) atoms. The van der Waals surface area contributed by atoms with Gasteiger partial charge in [-0.25, -0.2) is 0 Å². The molecular formula is C37H30Cl2SiZr. The maximum Gasteiger partial charge on any atom is 0.0920 e. The third-order valence-corrected chi connectivity index (χ3v) is 8.67. The summed E-state index contributed by atoms with van der Waals surface area (Å²) in [7, 11) is 10.7. The van der Waals surface area contributed by atoms with Crippen molar-refractivity contribution in [3.05, 3.63) is 139 Å². The molecule has 0 saturated carbocycles. The van der Waals surface area contributed by atoms with Crippen LogP contribution in [0.4, 0.5) is 0 Å². The fraction of sp³-hybridized carbons (Fsp3) is 0.108. The summed E-state index contributed by atoms with van der Waals surface area (Å²) in [5.41, 5.74) is 10.8. The van der Waals surface area contributed by atoms with Gasteiger partial charge in [-0.1, -0.05) is 122 Å². The van der Waals surface area contributed by atoms with E-state index in [4.69, 9.17) is 17.0 Å². The second kappa shape index (κ2) is 14.0. The van der Waals surface area contributed by atoms with E-state index in [-0.39, 0.29) is 0 Å². The molecule has 0 atom stereocenters. The van der Waals surface area contributed by atoms with Crippen LogP contribution in [0.3, 0.4) is 0 Å². The van der Waals surface area contributed by atoms with Crippen LogP contribution in [0.5, 0.6) is 0 Å². The zero-order valence-corrected chi connectivity index (χ0v) is 28.4. The van der Waals surface area contributed by atoms with Crippen molar-refractivity contribution in [1.29, 1.82) is 0 Å². The first-order valence-electron chi connectivity index (χ1n) is 13.7. The molecule has 200 valence electrons. The maximum atomic E-state index is 4.93. The van der Waals surface area contributed by atoms with Crippen LogP contribution in [0, 0.1) is 13.0 Å². The van der Waals surface area contributed by atoms with E-state index >= 15 is 0 Å². The number of hydrogen-bond donors (Lipinski definition) is 0. The smallest absolute Gasteiger partial charge is 0.0920 e. The van der Waals surface area contributed by atoms with E-state index in [1.807, 2.05) is 6.07 Å². The second-order valence-electron chi connectivity index (χ2n) is 10.3. The van der Waals surface area contributed by atoms with Gasteiger partial charge in [0.05, 0.1) is 9.52 Å². The quantitative estimate of drug-likeness (QED) is 0.130. The van der Waals surface area contributed by atoms with Gasteiger partial charge < -0.3 is 0 Å². The number of hydrogen-bond acceptors (Lipinski definition) is 0. The Hall–Kier alpha value is -2.61. The summed E-state index contributed by atoms with van der Waals surface area (Å²) in [4.78, 5) is 0. The summed E-state index contributed by atoms with van der Waals surface area (Å²) in [6, 6.07) is 46.9. The Morgan fingerprint density at radius 3 is 2.15 bits per heavy atom.